The topological polar surface area (TPSA) is 96.2 Å². The first-order chi connectivity index (χ1) is 8.59. The van der Waals surface area contributed by atoms with Gasteiger partial charge < -0.3 is 24.8 Å². The molecule has 0 radical (unpaired) electrons. The summed E-state index contributed by atoms with van der Waals surface area (Å²) < 4.78 is 9.78. The first kappa shape index (κ1) is 13.0. The Bertz CT molecular complexity index is 406. The lowest BCUT2D eigenvalue weighted by Crippen LogP contribution is -2.34. The van der Waals surface area contributed by atoms with E-state index in [-0.39, 0.29) is 6.61 Å². The molecule has 1 fully saturated rings. The number of rotatable bonds is 3. The molecule has 18 heavy (non-hydrogen) atoms. The highest BCUT2D eigenvalue weighted by Gasteiger charge is 2.42. The molecule has 0 aromatic heterocycles. The molecule has 98 valence electrons. The standard InChI is InChI=1S/C12H14O6/c13-9-8(18-12(16)10(9)14)6-17-11(15)7-4-2-1-3-5-7/h1-5,8-10,12-14,16H,6H2/t8-,9+,10-,12-/m1/s1. The second kappa shape index (κ2) is 5.45. The minimum atomic E-state index is -1.46. The Hall–Kier alpha value is -1.47. The highest BCUT2D eigenvalue weighted by Crippen LogP contribution is 2.20. The van der Waals surface area contributed by atoms with E-state index in [1.165, 1.54) is 0 Å². The SMILES string of the molecule is O=C(OC[C@H]1O[C@@H](O)[C@H](O)[C@H]1O)c1ccccc1. The van der Waals surface area contributed by atoms with E-state index in [9.17, 15) is 15.0 Å². The molecule has 1 aromatic carbocycles. The minimum absolute atomic E-state index is 0.233. The van der Waals surface area contributed by atoms with Gasteiger partial charge in [-0.2, -0.15) is 0 Å². The molecule has 1 aliphatic heterocycles. The van der Waals surface area contributed by atoms with E-state index in [2.05, 4.69) is 0 Å². The number of benzene rings is 1. The smallest absolute Gasteiger partial charge is 0.338 e. The normalized spacial score (nSPS) is 31.3. The predicted octanol–water partition coefficient (Wildman–Crippen LogP) is -0.718. The van der Waals surface area contributed by atoms with Gasteiger partial charge in [0.25, 0.3) is 0 Å². The van der Waals surface area contributed by atoms with Crippen molar-refractivity contribution in [2.24, 2.45) is 0 Å². The fourth-order valence-corrected chi connectivity index (χ4v) is 1.68. The van der Waals surface area contributed by atoms with Crippen LogP contribution in [-0.4, -0.2) is 52.5 Å². The summed E-state index contributed by atoms with van der Waals surface area (Å²) in [5, 5.41) is 27.9. The van der Waals surface area contributed by atoms with Crippen LogP contribution in [0, 0.1) is 0 Å². The second-order valence-corrected chi connectivity index (χ2v) is 4.01. The highest BCUT2D eigenvalue weighted by molar-refractivity contribution is 5.89. The van der Waals surface area contributed by atoms with Crippen molar-refractivity contribution in [2.75, 3.05) is 6.61 Å². The molecule has 1 heterocycles. The van der Waals surface area contributed by atoms with Gasteiger partial charge in [0.15, 0.2) is 6.29 Å². The summed E-state index contributed by atoms with van der Waals surface area (Å²) in [6.45, 7) is -0.233. The van der Waals surface area contributed by atoms with Crippen LogP contribution in [0.4, 0.5) is 0 Å². The number of hydrogen-bond donors (Lipinski definition) is 3. The van der Waals surface area contributed by atoms with Gasteiger partial charge in [0.2, 0.25) is 0 Å². The van der Waals surface area contributed by atoms with Crippen molar-refractivity contribution in [2.45, 2.75) is 24.6 Å². The van der Waals surface area contributed by atoms with Crippen LogP contribution in [0.1, 0.15) is 10.4 Å². The van der Waals surface area contributed by atoms with E-state index in [0.717, 1.165) is 0 Å². The fraction of sp³-hybridized carbons (Fsp3) is 0.417. The maximum Gasteiger partial charge on any atom is 0.338 e. The lowest BCUT2D eigenvalue weighted by molar-refractivity contribution is -0.133. The number of esters is 1. The number of ether oxygens (including phenoxy) is 2. The van der Waals surface area contributed by atoms with Gasteiger partial charge in [-0.3, -0.25) is 0 Å². The van der Waals surface area contributed by atoms with Crippen LogP contribution in [0.5, 0.6) is 0 Å². The van der Waals surface area contributed by atoms with E-state index in [4.69, 9.17) is 14.6 Å². The lowest BCUT2D eigenvalue weighted by Gasteiger charge is -2.14. The summed E-state index contributed by atoms with van der Waals surface area (Å²) in [5.41, 5.74) is 0.381. The minimum Gasteiger partial charge on any atom is -0.459 e. The number of carbonyl (C=O) groups is 1. The third-order valence-electron chi connectivity index (χ3n) is 2.73. The Morgan fingerprint density at radius 3 is 2.39 bits per heavy atom. The Kier molecular flexibility index (Phi) is 3.93. The third kappa shape index (κ3) is 2.68. The molecular formula is C12H14O6. The zero-order valence-corrected chi connectivity index (χ0v) is 9.47. The van der Waals surface area contributed by atoms with Crippen LogP contribution in [0.25, 0.3) is 0 Å². The summed E-state index contributed by atoms with van der Waals surface area (Å²) in [6.07, 6.45) is -5.04. The molecule has 1 saturated heterocycles. The monoisotopic (exact) mass is 254 g/mol. The Labute approximate surface area is 103 Å². The fourth-order valence-electron chi connectivity index (χ4n) is 1.68. The first-order valence-electron chi connectivity index (χ1n) is 5.51. The molecule has 1 aromatic rings. The van der Waals surface area contributed by atoms with Gasteiger partial charge in [-0.1, -0.05) is 18.2 Å². The van der Waals surface area contributed by atoms with Gasteiger partial charge >= 0.3 is 5.97 Å². The van der Waals surface area contributed by atoms with Crippen molar-refractivity contribution in [3.63, 3.8) is 0 Å². The zero-order valence-electron chi connectivity index (χ0n) is 9.47. The van der Waals surface area contributed by atoms with Gasteiger partial charge in [-0.05, 0) is 12.1 Å². The molecule has 3 N–H and O–H groups in total. The zero-order chi connectivity index (χ0) is 13.1. The number of aliphatic hydroxyl groups is 3. The summed E-state index contributed by atoms with van der Waals surface area (Å²) in [7, 11) is 0. The first-order valence-corrected chi connectivity index (χ1v) is 5.51. The second-order valence-electron chi connectivity index (χ2n) is 4.01. The van der Waals surface area contributed by atoms with Gasteiger partial charge in [0, 0.05) is 0 Å². The number of aliphatic hydroxyl groups excluding tert-OH is 3. The Morgan fingerprint density at radius 2 is 1.83 bits per heavy atom. The van der Waals surface area contributed by atoms with Crippen molar-refractivity contribution >= 4 is 5.97 Å². The maximum atomic E-state index is 11.6. The Balaban J connectivity index is 1.88. The van der Waals surface area contributed by atoms with E-state index in [0.29, 0.717) is 5.56 Å². The number of carbonyl (C=O) groups excluding carboxylic acids is 1. The van der Waals surface area contributed by atoms with Gasteiger partial charge in [-0.25, -0.2) is 4.79 Å². The van der Waals surface area contributed by atoms with Crippen LogP contribution in [0.2, 0.25) is 0 Å². The molecule has 0 unspecified atom stereocenters. The van der Waals surface area contributed by atoms with E-state index >= 15 is 0 Å². The van der Waals surface area contributed by atoms with Gasteiger partial charge in [0.1, 0.15) is 24.9 Å². The van der Waals surface area contributed by atoms with Crippen LogP contribution < -0.4 is 0 Å². The molecule has 0 bridgehead atoms. The predicted molar refractivity (Wildman–Crippen MR) is 59.6 cm³/mol. The van der Waals surface area contributed by atoms with Crippen LogP contribution >= 0.6 is 0 Å². The molecule has 4 atom stereocenters. The average molecular weight is 254 g/mol. The molecule has 0 aliphatic carbocycles. The van der Waals surface area contributed by atoms with Crippen molar-refractivity contribution in [1.82, 2.24) is 0 Å². The molecule has 1 aliphatic rings. The summed E-state index contributed by atoms with van der Waals surface area (Å²) in [6, 6.07) is 8.36. The molecule has 0 amide bonds. The molecule has 2 rings (SSSR count). The van der Waals surface area contributed by atoms with Gasteiger partial charge in [-0.15, -0.1) is 0 Å². The van der Waals surface area contributed by atoms with Crippen molar-refractivity contribution in [1.29, 1.82) is 0 Å². The van der Waals surface area contributed by atoms with E-state index in [1.54, 1.807) is 30.3 Å². The molecular weight excluding hydrogens is 240 g/mol. The Morgan fingerprint density at radius 1 is 1.17 bits per heavy atom. The highest BCUT2D eigenvalue weighted by atomic mass is 16.7. The number of hydrogen-bond acceptors (Lipinski definition) is 6. The summed E-state index contributed by atoms with van der Waals surface area (Å²) >= 11 is 0. The lowest BCUT2D eigenvalue weighted by atomic mass is 10.1. The quantitative estimate of drug-likeness (QED) is 0.616. The van der Waals surface area contributed by atoms with E-state index < -0.39 is 30.6 Å². The third-order valence-corrected chi connectivity index (χ3v) is 2.73. The summed E-state index contributed by atoms with van der Waals surface area (Å²) in [5.74, 6) is -0.553. The van der Waals surface area contributed by atoms with Crippen LogP contribution in [0.3, 0.4) is 0 Å². The molecule has 0 saturated carbocycles. The molecule has 6 nitrogen and oxygen atoms in total. The largest absolute Gasteiger partial charge is 0.459 e. The van der Waals surface area contributed by atoms with Crippen LogP contribution in [0.15, 0.2) is 30.3 Å². The summed E-state index contributed by atoms with van der Waals surface area (Å²) in [4.78, 5) is 11.6. The average Bonchev–Trinajstić information content (AvgIpc) is 2.64. The molecule has 0 spiro atoms. The van der Waals surface area contributed by atoms with E-state index in [1.807, 2.05) is 0 Å². The van der Waals surface area contributed by atoms with Crippen molar-refractivity contribution in [3.8, 4) is 0 Å². The van der Waals surface area contributed by atoms with Gasteiger partial charge in [0.05, 0.1) is 5.56 Å². The molecule has 6 heteroatoms. The maximum absolute atomic E-state index is 11.6. The van der Waals surface area contributed by atoms with Crippen molar-refractivity contribution < 1.29 is 29.6 Å². The van der Waals surface area contributed by atoms with Crippen LogP contribution in [-0.2, 0) is 9.47 Å². The van der Waals surface area contributed by atoms with Crippen molar-refractivity contribution in [3.05, 3.63) is 35.9 Å².